The molecule has 0 saturated carbocycles. The summed E-state index contributed by atoms with van der Waals surface area (Å²) in [6.07, 6.45) is 0. The molecule has 0 atom stereocenters. The maximum absolute atomic E-state index is 13.3. The topological polar surface area (TPSA) is 35.2 Å². The molecule has 0 unspecified atom stereocenters. The number of rotatable bonds is 3. The molecule has 108 valence electrons. The van der Waals surface area contributed by atoms with Gasteiger partial charge < -0.3 is 10.5 Å². The monoisotopic (exact) mass is 283 g/mol. The molecular weight excluding hydrogens is 265 g/mol. The number of nitrogens with two attached hydrogens (primary N) is 1. The van der Waals surface area contributed by atoms with E-state index in [-0.39, 0.29) is 12.4 Å². The van der Waals surface area contributed by atoms with E-state index in [9.17, 15) is 4.39 Å². The molecule has 0 aliphatic heterocycles. The summed E-state index contributed by atoms with van der Waals surface area (Å²) in [4.78, 5) is 0. The standard InChI is InChI=1S/C18H18FNO/c1-13-5-3-7-18(14(13)2)21-12-16-8-9-17(19)11-15(16)6-4-10-20/h3,5,7-9,11H,10,12,20H2,1-2H3. The minimum atomic E-state index is -0.313. The fourth-order valence-corrected chi connectivity index (χ4v) is 1.97. The largest absolute Gasteiger partial charge is 0.489 e. The molecule has 0 amide bonds. The van der Waals surface area contributed by atoms with Crippen LogP contribution < -0.4 is 10.5 Å². The average molecular weight is 283 g/mol. The Bertz CT molecular complexity index is 698. The SMILES string of the molecule is Cc1cccc(OCc2ccc(F)cc2C#CCN)c1C. The Balaban J connectivity index is 2.22. The summed E-state index contributed by atoms with van der Waals surface area (Å²) in [5.41, 5.74) is 9.11. The van der Waals surface area contributed by atoms with Crippen LogP contribution >= 0.6 is 0 Å². The van der Waals surface area contributed by atoms with E-state index >= 15 is 0 Å². The lowest BCUT2D eigenvalue weighted by Gasteiger charge is -2.12. The molecule has 2 nitrogen and oxygen atoms in total. The maximum Gasteiger partial charge on any atom is 0.124 e. The summed E-state index contributed by atoms with van der Waals surface area (Å²) < 4.78 is 19.2. The van der Waals surface area contributed by atoms with Crippen molar-refractivity contribution in [2.24, 2.45) is 5.73 Å². The van der Waals surface area contributed by atoms with Gasteiger partial charge in [0, 0.05) is 11.1 Å². The number of ether oxygens (including phenoxy) is 1. The van der Waals surface area contributed by atoms with Crippen LogP contribution in [0.2, 0.25) is 0 Å². The first-order chi connectivity index (χ1) is 10.1. The Labute approximate surface area is 124 Å². The Kier molecular flexibility index (Phi) is 4.97. The fourth-order valence-electron chi connectivity index (χ4n) is 1.97. The van der Waals surface area contributed by atoms with Gasteiger partial charge >= 0.3 is 0 Å². The van der Waals surface area contributed by atoms with E-state index in [0.717, 1.165) is 16.9 Å². The zero-order chi connectivity index (χ0) is 15.2. The number of hydrogen-bond donors (Lipinski definition) is 1. The molecule has 0 aliphatic rings. The van der Waals surface area contributed by atoms with Gasteiger partial charge in [-0.3, -0.25) is 0 Å². The van der Waals surface area contributed by atoms with Crippen molar-refractivity contribution < 1.29 is 9.13 Å². The van der Waals surface area contributed by atoms with Crippen molar-refractivity contribution in [3.05, 3.63) is 64.5 Å². The van der Waals surface area contributed by atoms with Crippen LogP contribution in [0.25, 0.3) is 0 Å². The van der Waals surface area contributed by atoms with Crippen LogP contribution in [0.15, 0.2) is 36.4 Å². The van der Waals surface area contributed by atoms with Gasteiger partial charge in [-0.2, -0.15) is 0 Å². The third-order valence-corrected chi connectivity index (χ3v) is 3.34. The zero-order valence-electron chi connectivity index (χ0n) is 12.2. The van der Waals surface area contributed by atoms with Crippen molar-refractivity contribution in [1.29, 1.82) is 0 Å². The first-order valence-electron chi connectivity index (χ1n) is 6.78. The normalized spacial score (nSPS) is 9.90. The number of aryl methyl sites for hydroxylation is 1. The predicted octanol–water partition coefficient (Wildman–Crippen LogP) is 3.33. The highest BCUT2D eigenvalue weighted by Gasteiger charge is 2.06. The first kappa shape index (κ1) is 15.1. The number of halogens is 1. The Morgan fingerprint density at radius 2 is 2.00 bits per heavy atom. The lowest BCUT2D eigenvalue weighted by Crippen LogP contribution is -2.01. The van der Waals surface area contributed by atoms with E-state index in [2.05, 4.69) is 11.8 Å². The molecule has 2 rings (SSSR count). The third-order valence-electron chi connectivity index (χ3n) is 3.34. The van der Waals surface area contributed by atoms with Crippen LogP contribution in [-0.4, -0.2) is 6.54 Å². The molecule has 2 N–H and O–H groups in total. The fraction of sp³-hybridized carbons (Fsp3) is 0.222. The van der Waals surface area contributed by atoms with Crippen LogP contribution in [0.1, 0.15) is 22.3 Å². The molecule has 0 aliphatic carbocycles. The van der Waals surface area contributed by atoms with Gasteiger partial charge in [-0.25, -0.2) is 4.39 Å². The summed E-state index contributed by atoms with van der Waals surface area (Å²) in [6.45, 7) is 4.65. The molecule has 0 spiro atoms. The highest BCUT2D eigenvalue weighted by Crippen LogP contribution is 2.22. The molecule has 0 heterocycles. The Hall–Kier alpha value is -2.31. The van der Waals surface area contributed by atoms with E-state index in [1.165, 1.54) is 17.7 Å². The highest BCUT2D eigenvalue weighted by atomic mass is 19.1. The second-order valence-corrected chi connectivity index (χ2v) is 4.79. The molecular formula is C18H18FNO. The average Bonchev–Trinajstić information content (AvgIpc) is 2.48. The number of hydrogen-bond acceptors (Lipinski definition) is 2. The van der Waals surface area contributed by atoms with Gasteiger partial charge in [0.15, 0.2) is 0 Å². The van der Waals surface area contributed by atoms with E-state index in [1.807, 2.05) is 32.0 Å². The van der Waals surface area contributed by atoms with Crippen LogP contribution in [0.4, 0.5) is 4.39 Å². The Morgan fingerprint density at radius 1 is 1.19 bits per heavy atom. The summed E-state index contributed by atoms with van der Waals surface area (Å²) in [6, 6.07) is 10.4. The van der Waals surface area contributed by atoms with E-state index < -0.39 is 0 Å². The minimum Gasteiger partial charge on any atom is -0.489 e. The van der Waals surface area contributed by atoms with Crippen molar-refractivity contribution in [1.82, 2.24) is 0 Å². The lowest BCUT2D eigenvalue weighted by molar-refractivity contribution is 0.303. The highest BCUT2D eigenvalue weighted by molar-refractivity contribution is 5.43. The van der Waals surface area contributed by atoms with Gasteiger partial charge in [0.1, 0.15) is 18.2 Å². The predicted molar refractivity (Wildman–Crippen MR) is 82.6 cm³/mol. The van der Waals surface area contributed by atoms with E-state index in [1.54, 1.807) is 6.07 Å². The van der Waals surface area contributed by atoms with Crippen LogP contribution in [0.3, 0.4) is 0 Å². The second-order valence-electron chi connectivity index (χ2n) is 4.79. The summed E-state index contributed by atoms with van der Waals surface area (Å²) >= 11 is 0. The smallest absolute Gasteiger partial charge is 0.124 e. The van der Waals surface area contributed by atoms with Crippen LogP contribution in [0, 0.1) is 31.5 Å². The summed E-state index contributed by atoms with van der Waals surface area (Å²) in [5.74, 6) is 6.14. The molecule has 2 aromatic carbocycles. The van der Waals surface area contributed by atoms with Gasteiger partial charge in [0.25, 0.3) is 0 Å². The number of benzene rings is 2. The third kappa shape index (κ3) is 3.84. The molecule has 2 aromatic rings. The molecule has 0 saturated heterocycles. The first-order valence-corrected chi connectivity index (χ1v) is 6.78. The van der Waals surface area contributed by atoms with E-state index in [4.69, 9.17) is 10.5 Å². The second kappa shape index (κ2) is 6.92. The molecule has 0 aromatic heterocycles. The summed E-state index contributed by atoms with van der Waals surface area (Å²) in [5, 5.41) is 0. The van der Waals surface area contributed by atoms with Gasteiger partial charge in [-0.05, 0) is 43.2 Å². The van der Waals surface area contributed by atoms with Crippen LogP contribution in [-0.2, 0) is 6.61 Å². The molecule has 0 fully saturated rings. The lowest BCUT2D eigenvalue weighted by atomic mass is 10.1. The molecule has 0 bridgehead atoms. The van der Waals surface area contributed by atoms with Crippen molar-refractivity contribution >= 4 is 0 Å². The molecule has 3 heteroatoms. The quantitative estimate of drug-likeness (QED) is 0.877. The van der Waals surface area contributed by atoms with Crippen LogP contribution in [0.5, 0.6) is 5.75 Å². The maximum atomic E-state index is 13.3. The summed E-state index contributed by atoms with van der Waals surface area (Å²) in [7, 11) is 0. The van der Waals surface area contributed by atoms with Gasteiger partial charge in [0.2, 0.25) is 0 Å². The van der Waals surface area contributed by atoms with Crippen molar-refractivity contribution in [3.8, 4) is 17.6 Å². The van der Waals surface area contributed by atoms with Crippen molar-refractivity contribution in [2.75, 3.05) is 6.54 Å². The van der Waals surface area contributed by atoms with Gasteiger partial charge in [0.05, 0.1) is 6.54 Å². The zero-order valence-corrected chi connectivity index (χ0v) is 12.2. The Morgan fingerprint density at radius 3 is 2.76 bits per heavy atom. The minimum absolute atomic E-state index is 0.244. The molecule has 0 radical (unpaired) electrons. The van der Waals surface area contributed by atoms with Gasteiger partial charge in [-0.15, -0.1) is 0 Å². The molecule has 21 heavy (non-hydrogen) atoms. The van der Waals surface area contributed by atoms with Crippen molar-refractivity contribution in [2.45, 2.75) is 20.5 Å². The van der Waals surface area contributed by atoms with Gasteiger partial charge in [-0.1, -0.05) is 30.0 Å². The van der Waals surface area contributed by atoms with Crippen molar-refractivity contribution in [3.63, 3.8) is 0 Å². The van der Waals surface area contributed by atoms with E-state index in [0.29, 0.717) is 12.2 Å².